The first-order valence-corrected chi connectivity index (χ1v) is 7.66. The Morgan fingerprint density at radius 2 is 0.889 bits per heavy atom. The van der Waals surface area contributed by atoms with Gasteiger partial charge in [0.05, 0.1) is 0 Å². The molecular formula is C18H32. The van der Waals surface area contributed by atoms with Crippen LogP contribution in [0.5, 0.6) is 0 Å². The van der Waals surface area contributed by atoms with Gasteiger partial charge in [-0.25, -0.2) is 0 Å². The second-order valence-electron chi connectivity index (χ2n) is 9.32. The zero-order valence-corrected chi connectivity index (χ0v) is 13.8. The van der Waals surface area contributed by atoms with Crippen molar-refractivity contribution in [2.45, 2.75) is 81.1 Å². The molecule has 0 nitrogen and oxygen atoms in total. The number of hydrogen-bond donors (Lipinski definition) is 0. The molecule has 104 valence electrons. The molecule has 2 rings (SSSR count). The van der Waals surface area contributed by atoms with E-state index in [1.54, 1.807) is 11.1 Å². The van der Waals surface area contributed by atoms with Gasteiger partial charge < -0.3 is 0 Å². The first-order valence-electron chi connectivity index (χ1n) is 7.66. The average Bonchev–Trinajstić information content (AvgIpc) is 2.08. The van der Waals surface area contributed by atoms with Crippen LogP contribution in [-0.4, -0.2) is 0 Å². The summed E-state index contributed by atoms with van der Waals surface area (Å²) in [5.41, 5.74) is 5.21. The van der Waals surface area contributed by atoms with Crippen LogP contribution in [0, 0.1) is 21.7 Å². The Labute approximate surface area is 114 Å². The van der Waals surface area contributed by atoms with Crippen molar-refractivity contribution in [2.24, 2.45) is 21.7 Å². The maximum Gasteiger partial charge on any atom is -0.0128 e. The Balaban J connectivity index is 2.63. The van der Waals surface area contributed by atoms with Crippen molar-refractivity contribution < 1.29 is 0 Å². The van der Waals surface area contributed by atoms with E-state index in [9.17, 15) is 0 Å². The number of allylic oxidation sites excluding steroid dienone is 2. The molecule has 2 saturated carbocycles. The van der Waals surface area contributed by atoms with Gasteiger partial charge >= 0.3 is 0 Å². The Kier molecular flexibility index (Phi) is 2.87. The van der Waals surface area contributed by atoms with Gasteiger partial charge in [-0.15, -0.1) is 0 Å². The molecular weight excluding hydrogens is 216 g/mol. The molecule has 0 amide bonds. The van der Waals surface area contributed by atoms with Gasteiger partial charge in [0.15, 0.2) is 0 Å². The lowest BCUT2D eigenvalue weighted by Gasteiger charge is -2.59. The molecule has 2 aliphatic rings. The fraction of sp³-hybridized carbons (Fsp3) is 0.889. The summed E-state index contributed by atoms with van der Waals surface area (Å²) in [7, 11) is 0. The van der Waals surface area contributed by atoms with Gasteiger partial charge in [0.2, 0.25) is 0 Å². The molecule has 2 aliphatic carbocycles. The van der Waals surface area contributed by atoms with E-state index < -0.39 is 0 Å². The van der Waals surface area contributed by atoms with Crippen LogP contribution in [0.4, 0.5) is 0 Å². The van der Waals surface area contributed by atoms with Crippen LogP contribution in [0.3, 0.4) is 0 Å². The second-order valence-corrected chi connectivity index (χ2v) is 9.32. The highest BCUT2D eigenvalue weighted by atomic mass is 14.6. The predicted molar refractivity (Wildman–Crippen MR) is 80.6 cm³/mol. The van der Waals surface area contributed by atoms with E-state index >= 15 is 0 Å². The van der Waals surface area contributed by atoms with Crippen molar-refractivity contribution in [1.29, 1.82) is 0 Å². The molecule has 0 aromatic carbocycles. The molecule has 0 aliphatic heterocycles. The lowest BCUT2D eigenvalue weighted by atomic mass is 9.45. The summed E-state index contributed by atoms with van der Waals surface area (Å²) in [6.45, 7) is 19.7. The average molecular weight is 248 g/mol. The Hall–Kier alpha value is -0.260. The highest BCUT2D eigenvalue weighted by Gasteiger charge is 2.53. The summed E-state index contributed by atoms with van der Waals surface area (Å²) < 4.78 is 0. The van der Waals surface area contributed by atoms with E-state index in [1.807, 2.05) is 0 Å². The van der Waals surface area contributed by atoms with Crippen molar-refractivity contribution in [3.05, 3.63) is 11.1 Å². The largest absolute Gasteiger partial charge is 0.0586 e. The lowest BCUT2D eigenvalue weighted by Crippen LogP contribution is -2.48. The predicted octanol–water partition coefficient (Wildman–Crippen LogP) is 5.98. The van der Waals surface area contributed by atoms with Crippen molar-refractivity contribution in [1.82, 2.24) is 0 Å². The summed E-state index contributed by atoms with van der Waals surface area (Å²) >= 11 is 0. The summed E-state index contributed by atoms with van der Waals surface area (Å²) in [4.78, 5) is 0. The highest BCUT2D eigenvalue weighted by molar-refractivity contribution is 5.41. The molecule has 0 atom stereocenters. The van der Waals surface area contributed by atoms with E-state index in [-0.39, 0.29) is 0 Å². The molecule has 0 radical (unpaired) electrons. The number of hydrogen-bond acceptors (Lipinski definition) is 0. The fourth-order valence-corrected chi connectivity index (χ4v) is 5.58. The maximum atomic E-state index is 2.47. The van der Waals surface area contributed by atoms with Crippen molar-refractivity contribution in [3.63, 3.8) is 0 Å². The van der Waals surface area contributed by atoms with Crippen molar-refractivity contribution >= 4 is 0 Å². The summed E-state index contributed by atoms with van der Waals surface area (Å²) in [6.07, 6.45) is 5.45. The van der Waals surface area contributed by atoms with Gasteiger partial charge in [0.25, 0.3) is 0 Å². The third kappa shape index (κ3) is 1.96. The zero-order valence-electron chi connectivity index (χ0n) is 13.8. The zero-order chi connectivity index (χ0) is 14.0. The highest BCUT2D eigenvalue weighted by Crippen LogP contribution is 2.65. The molecule has 0 N–H and O–H groups in total. The van der Waals surface area contributed by atoms with Crippen LogP contribution < -0.4 is 0 Å². The molecule has 0 heteroatoms. The van der Waals surface area contributed by atoms with Gasteiger partial charge in [-0.1, -0.05) is 73.0 Å². The molecule has 0 spiro atoms. The Morgan fingerprint density at radius 3 is 1.22 bits per heavy atom. The minimum absolute atomic E-state index is 0.395. The van der Waals surface area contributed by atoms with Crippen LogP contribution in [-0.2, 0) is 0 Å². The third-order valence-corrected chi connectivity index (χ3v) is 5.44. The van der Waals surface area contributed by atoms with Gasteiger partial charge in [0.1, 0.15) is 0 Å². The van der Waals surface area contributed by atoms with Crippen molar-refractivity contribution in [2.75, 3.05) is 0 Å². The van der Waals surface area contributed by atoms with Crippen LogP contribution in [0.15, 0.2) is 11.1 Å². The molecule has 0 bridgehead atoms. The smallest absolute Gasteiger partial charge is 0.0128 e. The monoisotopic (exact) mass is 248 g/mol. The summed E-state index contributed by atoms with van der Waals surface area (Å²) in [6, 6.07) is 0. The van der Waals surface area contributed by atoms with Gasteiger partial charge in [-0.05, 0) is 40.9 Å². The fourth-order valence-electron chi connectivity index (χ4n) is 5.58. The molecule has 0 unspecified atom stereocenters. The standard InChI is InChI=1S/C18H32/c1-15(2)10-9-11-16(3,4)13(15)14-17(5,6)12-18(14,7)8/h9-12H2,1-8H3. The molecule has 2 fully saturated rings. The molecule has 0 heterocycles. The SMILES string of the molecule is CC1(C)CCCC(C)(C)C1=C1C(C)(C)CC1(C)C. The van der Waals surface area contributed by atoms with E-state index in [4.69, 9.17) is 0 Å². The van der Waals surface area contributed by atoms with Crippen LogP contribution in [0.25, 0.3) is 0 Å². The second kappa shape index (κ2) is 3.64. The normalized spacial score (nSPS) is 32.0. The van der Waals surface area contributed by atoms with Gasteiger partial charge in [-0.3, -0.25) is 0 Å². The van der Waals surface area contributed by atoms with E-state index in [1.165, 1.54) is 25.7 Å². The first-order chi connectivity index (χ1) is 7.90. The first kappa shape index (κ1) is 14.2. The number of rotatable bonds is 0. The van der Waals surface area contributed by atoms with E-state index in [0.29, 0.717) is 21.7 Å². The quantitative estimate of drug-likeness (QED) is 0.463. The summed E-state index contributed by atoms with van der Waals surface area (Å²) in [5.74, 6) is 0. The topological polar surface area (TPSA) is 0 Å². The minimum Gasteiger partial charge on any atom is -0.0586 e. The molecule has 18 heavy (non-hydrogen) atoms. The van der Waals surface area contributed by atoms with Crippen LogP contribution in [0.2, 0.25) is 0 Å². The van der Waals surface area contributed by atoms with Crippen LogP contribution in [0.1, 0.15) is 81.1 Å². The third-order valence-electron chi connectivity index (χ3n) is 5.44. The molecule has 0 aromatic rings. The van der Waals surface area contributed by atoms with E-state index in [0.717, 1.165) is 0 Å². The Bertz CT molecular complexity index is 354. The van der Waals surface area contributed by atoms with Crippen LogP contribution >= 0.6 is 0 Å². The van der Waals surface area contributed by atoms with E-state index in [2.05, 4.69) is 55.4 Å². The molecule has 0 saturated heterocycles. The summed E-state index contributed by atoms with van der Waals surface area (Å²) in [5, 5.41) is 0. The van der Waals surface area contributed by atoms with Gasteiger partial charge in [0, 0.05) is 0 Å². The lowest BCUT2D eigenvalue weighted by molar-refractivity contribution is 0.0985. The maximum absolute atomic E-state index is 2.47. The van der Waals surface area contributed by atoms with Gasteiger partial charge in [-0.2, -0.15) is 0 Å². The minimum atomic E-state index is 0.395. The van der Waals surface area contributed by atoms with Crippen molar-refractivity contribution in [3.8, 4) is 0 Å². The molecule has 0 aromatic heterocycles. The Morgan fingerprint density at radius 1 is 0.556 bits per heavy atom.